The lowest BCUT2D eigenvalue weighted by atomic mass is 9.90. The third kappa shape index (κ3) is 3.99. The van der Waals surface area contributed by atoms with Crippen LogP contribution in [0.5, 0.6) is 0 Å². The van der Waals surface area contributed by atoms with Crippen molar-refractivity contribution < 1.29 is 0 Å². The van der Waals surface area contributed by atoms with Crippen molar-refractivity contribution in [1.29, 1.82) is 0 Å². The zero-order valence-corrected chi connectivity index (χ0v) is 16.9. The maximum absolute atomic E-state index is 3.49. The van der Waals surface area contributed by atoms with Crippen molar-refractivity contribution in [2.75, 3.05) is 26.2 Å². The minimum absolute atomic E-state index is 0. The summed E-state index contributed by atoms with van der Waals surface area (Å²) < 4.78 is 0. The van der Waals surface area contributed by atoms with E-state index in [0.29, 0.717) is 6.04 Å². The highest BCUT2D eigenvalue weighted by Crippen LogP contribution is 2.36. The van der Waals surface area contributed by atoms with Crippen molar-refractivity contribution in [2.45, 2.75) is 25.8 Å². The van der Waals surface area contributed by atoms with E-state index in [4.69, 9.17) is 0 Å². The standard InChI is InChI=1S/C22H26N2.2ClH/c1-2-7-22(24-14-12-23-13-15-24)21-16-17-8-3-4-9-18(17)19-10-5-6-11-20(19)21;;/h3-6,8-11,16,22-23H,2,7,12-15H2,1H3;2*1H/t22-;;/m0../s1. The van der Waals surface area contributed by atoms with E-state index in [1.807, 2.05) is 0 Å². The number of benzene rings is 3. The fourth-order valence-corrected chi connectivity index (χ4v) is 4.16. The van der Waals surface area contributed by atoms with Gasteiger partial charge in [-0.1, -0.05) is 61.9 Å². The highest BCUT2D eigenvalue weighted by Gasteiger charge is 2.23. The molecule has 0 bridgehead atoms. The number of hydrogen-bond acceptors (Lipinski definition) is 2. The van der Waals surface area contributed by atoms with Gasteiger partial charge < -0.3 is 5.32 Å². The minimum atomic E-state index is 0. The molecule has 1 atom stereocenters. The van der Waals surface area contributed by atoms with Crippen LogP contribution in [0.2, 0.25) is 0 Å². The van der Waals surface area contributed by atoms with Crippen molar-refractivity contribution in [3.63, 3.8) is 0 Å². The smallest absolute Gasteiger partial charge is 0.0355 e. The van der Waals surface area contributed by atoms with Crippen molar-refractivity contribution >= 4 is 46.4 Å². The summed E-state index contributed by atoms with van der Waals surface area (Å²) in [5.41, 5.74) is 1.51. The summed E-state index contributed by atoms with van der Waals surface area (Å²) in [4.78, 5) is 2.68. The zero-order valence-electron chi connectivity index (χ0n) is 15.3. The van der Waals surface area contributed by atoms with Gasteiger partial charge in [0, 0.05) is 32.2 Å². The first-order valence-electron chi connectivity index (χ1n) is 9.23. The molecular formula is C22H28Cl2N2. The van der Waals surface area contributed by atoms with Gasteiger partial charge >= 0.3 is 0 Å². The minimum Gasteiger partial charge on any atom is -0.314 e. The Bertz CT molecular complexity index is 844. The Hall–Kier alpha value is -1.32. The first-order valence-corrected chi connectivity index (χ1v) is 9.23. The number of halogens is 2. The monoisotopic (exact) mass is 390 g/mol. The van der Waals surface area contributed by atoms with E-state index in [-0.39, 0.29) is 24.8 Å². The molecule has 1 saturated heterocycles. The van der Waals surface area contributed by atoms with Gasteiger partial charge in [0.15, 0.2) is 0 Å². The van der Waals surface area contributed by atoms with Gasteiger partial charge in [-0.05, 0) is 39.6 Å². The van der Waals surface area contributed by atoms with Gasteiger partial charge in [0.1, 0.15) is 0 Å². The summed E-state index contributed by atoms with van der Waals surface area (Å²) in [5, 5.41) is 9.03. The molecule has 2 nitrogen and oxygen atoms in total. The van der Waals surface area contributed by atoms with Gasteiger partial charge in [-0.15, -0.1) is 24.8 Å². The summed E-state index contributed by atoms with van der Waals surface area (Å²) >= 11 is 0. The molecule has 0 amide bonds. The predicted octanol–water partition coefficient (Wildman–Crippen LogP) is 5.58. The van der Waals surface area contributed by atoms with E-state index < -0.39 is 0 Å². The molecule has 140 valence electrons. The van der Waals surface area contributed by atoms with E-state index in [0.717, 1.165) is 26.2 Å². The Labute approximate surface area is 168 Å². The van der Waals surface area contributed by atoms with Crippen LogP contribution >= 0.6 is 24.8 Å². The van der Waals surface area contributed by atoms with Crippen molar-refractivity contribution in [2.24, 2.45) is 0 Å². The second-order valence-corrected chi connectivity index (χ2v) is 6.82. The van der Waals surface area contributed by atoms with Crippen LogP contribution in [0.15, 0.2) is 54.6 Å². The SMILES string of the molecule is CCC[C@@H](c1cc2ccccc2c2ccccc12)N1CCNCC1.Cl.Cl. The highest BCUT2D eigenvalue weighted by atomic mass is 35.5. The molecule has 1 heterocycles. The number of nitrogens with one attached hydrogen (secondary N) is 1. The molecule has 3 aromatic carbocycles. The summed E-state index contributed by atoms with van der Waals surface area (Å²) in [5.74, 6) is 0. The van der Waals surface area contributed by atoms with E-state index in [1.165, 1.54) is 39.9 Å². The normalized spacial score (nSPS) is 16.0. The molecule has 0 unspecified atom stereocenters. The Balaban J connectivity index is 0.00000121. The van der Waals surface area contributed by atoms with Crippen LogP contribution in [0, 0.1) is 0 Å². The van der Waals surface area contributed by atoms with E-state index in [2.05, 4.69) is 71.7 Å². The molecule has 26 heavy (non-hydrogen) atoms. The Morgan fingerprint density at radius 3 is 2.19 bits per heavy atom. The molecule has 0 aliphatic carbocycles. The third-order valence-electron chi connectivity index (χ3n) is 5.31. The molecule has 1 aliphatic rings. The Morgan fingerprint density at radius 2 is 1.50 bits per heavy atom. The number of hydrogen-bond donors (Lipinski definition) is 1. The second kappa shape index (κ2) is 9.57. The summed E-state index contributed by atoms with van der Waals surface area (Å²) in [6.45, 7) is 6.80. The van der Waals surface area contributed by atoms with Gasteiger partial charge in [0.05, 0.1) is 0 Å². The largest absolute Gasteiger partial charge is 0.314 e. The second-order valence-electron chi connectivity index (χ2n) is 6.82. The average Bonchev–Trinajstić information content (AvgIpc) is 2.66. The number of nitrogens with zero attached hydrogens (tertiary/aromatic N) is 1. The molecule has 0 saturated carbocycles. The Morgan fingerprint density at radius 1 is 0.885 bits per heavy atom. The van der Waals surface area contributed by atoms with Crippen LogP contribution in [-0.2, 0) is 0 Å². The van der Waals surface area contributed by atoms with E-state index >= 15 is 0 Å². The molecular weight excluding hydrogens is 363 g/mol. The van der Waals surface area contributed by atoms with Gasteiger partial charge in [-0.25, -0.2) is 0 Å². The number of fused-ring (bicyclic) bond motifs is 3. The lowest BCUT2D eigenvalue weighted by molar-refractivity contribution is 0.166. The summed E-state index contributed by atoms with van der Waals surface area (Å²) in [7, 11) is 0. The molecule has 4 heteroatoms. The summed E-state index contributed by atoms with van der Waals surface area (Å²) in [6.07, 6.45) is 2.44. The Kier molecular flexibility index (Phi) is 7.72. The van der Waals surface area contributed by atoms with Crippen LogP contribution < -0.4 is 5.32 Å². The van der Waals surface area contributed by atoms with Crippen LogP contribution in [0.25, 0.3) is 21.5 Å². The van der Waals surface area contributed by atoms with Gasteiger partial charge in [-0.2, -0.15) is 0 Å². The molecule has 0 aromatic heterocycles. The fraction of sp³-hybridized carbons (Fsp3) is 0.364. The van der Waals surface area contributed by atoms with Crippen LogP contribution in [-0.4, -0.2) is 31.1 Å². The lowest BCUT2D eigenvalue weighted by Crippen LogP contribution is -2.45. The van der Waals surface area contributed by atoms with Crippen molar-refractivity contribution in [3.8, 4) is 0 Å². The van der Waals surface area contributed by atoms with Gasteiger partial charge in [-0.3, -0.25) is 4.90 Å². The zero-order chi connectivity index (χ0) is 16.4. The van der Waals surface area contributed by atoms with Crippen molar-refractivity contribution in [3.05, 3.63) is 60.2 Å². The van der Waals surface area contributed by atoms with E-state index in [9.17, 15) is 0 Å². The quantitative estimate of drug-likeness (QED) is 0.584. The number of rotatable bonds is 4. The maximum atomic E-state index is 3.49. The van der Waals surface area contributed by atoms with Gasteiger partial charge in [0.2, 0.25) is 0 Å². The summed E-state index contributed by atoms with van der Waals surface area (Å²) in [6, 6.07) is 20.7. The molecule has 1 aliphatic heterocycles. The maximum Gasteiger partial charge on any atom is 0.0355 e. The fourth-order valence-electron chi connectivity index (χ4n) is 4.16. The molecule has 0 radical (unpaired) electrons. The van der Waals surface area contributed by atoms with Crippen molar-refractivity contribution in [1.82, 2.24) is 10.2 Å². The molecule has 1 N–H and O–H groups in total. The third-order valence-corrected chi connectivity index (χ3v) is 5.31. The van der Waals surface area contributed by atoms with Crippen LogP contribution in [0.4, 0.5) is 0 Å². The molecule has 0 spiro atoms. The van der Waals surface area contributed by atoms with Gasteiger partial charge in [0.25, 0.3) is 0 Å². The molecule has 4 rings (SSSR count). The van der Waals surface area contributed by atoms with Crippen LogP contribution in [0.1, 0.15) is 31.4 Å². The van der Waals surface area contributed by atoms with E-state index in [1.54, 1.807) is 0 Å². The molecule has 1 fully saturated rings. The molecule has 3 aromatic rings. The highest BCUT2D eigenvalue weighted by molar-refractivity contribution is 6.09. The lowest BCUT2D eigenvalue weighted by Gasteiger charge is -2.36. The van der Waals surface area contributed by atoms with Crippen LogP contribution in [0.3, 0.4) is 0 Å². The number of piperazine rings is 1. The first-order chi connectivity index (χ1) is 11.9. The first kappa shape index (κ1) is 21.0. The average molecular weight is 391 g/mol. The topological polar surface area (TPSA) is 15.3 Å². The predicted molar refractivity (Wildman–Crippen MR) is 118 cm³/mol.